The van der Waals surface area contributed by atoms with Gasteiger partial charge in [0.1, 0.15) is 5.54 Å². The van der Waals surface area contributed by atoms with E-state index >= 15 is 0 Å². The van der Waals surface area contributed by atoms with Crippen LogP contribution in [0.2, 0.25) is 0 Å². The van der Waals surface area contributed by atoms with Crippen LogP contribution in [-0.2, 0) is 9.53 Å². The number of rotatable bonds is 2. The maximum atomic E-state index is 11.4. The molecule has 0 aromatic heterocycles. The minimum absolute atomic E-state index is 0.101. The highest BCUT2D eigenvalue weighted by atomic mass is 16.5. The van der Waals surface area contributed by atoms with Crippen LogP contribution in [-0.4, -0.2) is 30.2 Å². The zero-order valence-electron chi connectivity index (χ0n) is 8.13. The van der Waals surface area contributed by atoms with Crippen molar-refractivity contribution in [1.29, 1.82) is 0 Å². The van der Waals surface area contributed by atoms with Gasteiger partial charge in [-0.3, -0.25) is 10.1 Å². The van der Waals surface area contributed by atoms with E-state index in [9.17, 15) is 9.59 Å². The third kappa shape index (κ3) is 1.59. The third-order valence-corrected chi connectivity index (χ3v) is 2.78. The Bertz CT molecular complexity index is 273. The summed E-state index contributed by atoms with van der Waals surface area (Å²) in [6, 6.07) is -0.407. The van der Waals surface area contributed by atoms with Gasteiger partial charge in [-0.2, -0.15) is 0 Å². The highest BCUT2D eigenvalue weighted by molar-refractivity contribution is 6.06. The van der Waals surface area contributed by atoms with Gasteiger partial charge in [-0.25, -0.2) is 4.79 Å². The molecule has 0 spiro atoms. The number of imide groups is 1. The van der Waals surface area contributed by atoms with E-state index in [0.717, 1.165) is 19.4 Å². The molecule has 0 radical (unpaired) electrons. The Morgan fingerprint density at radius 1 is 1.57 bits per heavy atom. The fourth-order valence-corrected chi connectivity index (χ4v) is 1.98. The van der Waals surface area contributed by atoms with Crippen LogP contribution in [0.15, 0.2) is 0 Å². The van der Waals surface area contributed by atoms with Gasteiger partial charge in [-0.15, -0.1) is 0 Å². The predicted molar refractivity (Wildman–Crippen MR) is 48.7 cm³/mol. The minimum atomic E-state index is -0.786. The van der Waals surface area contributed by atoms with Crippen molar-refractivity contribution in [2.75, 3.05) is 6.61 Å². The second kappa shape index (κ2) is 3.24. The summed E-state index contributed by atoms with van der Waals surface area (Å²) in [5.74, 6) is -0.252. The molecule has 2 fully saturated rings. The van der Waals surface area contributed by atoms with Crippen molar-refractivity contribution < 1.29 is 14.3 Å². The summed E-state index contributed by atoms with van der Waals surface area (Å²) in [6.07, 6.45) is 2.67. The zero-order valence-corrected chi connectivity index (χ0v) is 8.13. The molecule has 2 rings (SSSR count). The number of amides is 3. The first kappa shape index (κ1) is 9.45. The molecule has 2 aliphatic heterocycles. The molecule has 2 aliphatic rings. The molecule has 3 amide bonds. The summed E-state index contributed by atoms with van der Waals surface area (Å²) in [7, 11) is 0. The van der Waals surface area contributed by atoms with E-state index in [4.69, 9.17) is 4.74 Å². The van der Waals surface area contributed by atoms with Crippen LogP contribution in [0.4, 0.5) is 4.79 Å². The van der Waals surface area contributed by atoms with Crippen molar-refractivity contribution in [2.24, 2.45) is 0 Å². The Labute approximate surface area is 82.2 Å². The maximum Gasteiger partial charge on any atom is 0.322 e. The van der Waals surface area contributed by atoms with Crippen molar-refractivity contribution in [1.82, 2.24) is 10.6 Å². The Balaban J connectivity index is 2.01. The molecule has 5 nitrogen and oxygen atoms in total. The topological polar surface area (TPSA) is 67.4 Å². The van der Waals surface area contributed by atoms with E-state index in [-0.39, 0.29) is 12.0 Å². The Morgan fingerprint density at radius 3 is 2.86 bits per heavy atom. The third-order valence-electron chi connectivity index (χ3n) is 2.78. The number of nitrogens with one attached hydrogen (secondary N) is 2. The van der Waals surface area contributed by atoms with Gasteiger partial charge in [-0.1, -0.05) is 0 Å². The van der Waals surface area contributed by atoms with Crippen LogP contribution >= 0.6 is 0 Å². The molecule has 2 heterocycles. The van der Waals surface area contributed by atoms with E-state index in [2.05, 4.69) is 10.6 Å². The number of hydrogen-bond donors (Lipinski definition) is 2. The SMILES string of the molecule is CC1(CC2CCCO2)NC(=O)NC1=O. The average Bonchev–Trinajstić information content (AvgIpc) is 2.62. The average molecular weight is 198 g/mol. The molecule has 78 valence electrons. The van der Waals surface area contributed by atoms with Gasteiger partial charge in [0, 0.05) is 13.0 Å². The number of carbonyl (C=O) groups is 2. The number of hydrogen-bond acceptors (Lipinski definition) is 3. The van der Waals surface area contributed by atoms with Crippen LogP contribution in [0.3, 0.4) is 0 Å². The van der Waals surface area contributed by atoms with E-state index in [0.29, 0.717) is 6.42 Å². The smallest absolute Gasteiger partial charge is 0.322 e. The predicted octanol–water partition coefficient (Wildman–Crippen LogP) is 0.154. The van der Waals surface area contributed by atoms with Crippen molar-refractivity contribution >= 4 is 11.9 Å². The second-order valence-electron chi connectivity index (χ2n) is 4.08. The second-order valence-corrected chi connectivity index (χ2v) is 4.08. The minimum Gasteiger partial charge on any atom is -0.378 e. The van der Waals surface area contributed by atoms with E-state index in [1.54, 1.807) is 6.92 Å². The Kier molecular flexibility index (Phi) is 2.19. The fourth-order valence-electron chi connectivity index (χ4n) is 1.98. The standard InChI is InChI=1S/C9H14N2O3/c1-9(5-6-3-2-4-14-6)7(12)10-8(13)11-9/h6H,2-5H2,1H3,(H2,10,11,12,13). The first-order valence-electron chi connectivity index (χ1n) is 4.85. The number of carbonyl (C=O) groups excluding carboxylic acids is 2. The molecule has 2 N–H and O–H groups in total. The van der Waals surface area contributed by atoms with Gasteiger partial charge in [0.2, 0.25) is 0 Å². The van der Waals surface area contributed by atoms with Gasteiger partial charge in [0.15, 0.2) is 0 Å². The molecule has 0 aliphatic carbocycles. The quantitative estimate of drug-likeness (QED) is 0.621. The van der Waals surface area contributed by atoms with Gasteiger partial charge in [0.25, 0.3) is 5.91 Å². The molecule has 0 bridgehead atoms. The largest absolute Gasteiger partial charge is 0.378 e. The lowest BCUT2D eigenvalue weighted by atomic mass is 9.93. The molecular weight excluding hydrogens is 184 g/mol. The van der Waals surface area contributed by atoms with Gasteiger partial charge < -0.3 is 10.1 Å². The molecular formula is C9H14N2O3. The first-order chi connectivity index (χ1) is 6.60. The highest BCUT2D eigenvalue weighted by Crippen LogP contribution is 2.24. The van der Waals surface area contributed by atoms with E-state index in [1.165, 1.54) is 0 Å². The monoisotopic (exact) mass is 198 g/mol. The lowest BCUT2D eigenvalue weighted by Gasteiger charge is -2.23. The summed E-state index contributed by atoms with van der Waals surface area (Å²) < 4.78 is 5.43. The Hall–Kier alpha value is -1.10. The van der Waals surface area contributed by atoms with Gasteiger partial charge in [-0.05, 0) is 19.8 Å². The molecule has 2 saturated heterocycles. The van der Waals surface area contributed by atoms with Crippen LogP contribution in [0.5, 0.6) is 0 Å². The Morgan fingerprint density at radius 2 is 2.36 bits per heavy atom. The molecule has 5 heteroatoms. The normalized spacial score (nSPS) is 37.1. The van der Waals surface area contributed by atoms with Crippen molar-refractivity contribution in [3.05, 3.63) is 0 Å². The number of urea groups is 1. The van der Waals surface area contributed by atoms with Crippen molar-refractivity contribution in [3.63, 3.8) is 0 Å². The molecule has 0 aromatic carbocycles. The zero-order chi connectivity index (χ0) is 10.2. The summed E-state index contributed by atoms with van der Waals surface area (Å²) in [4.78, 5) is 22.4. The molecule has 0 saturated carbocycles. The van der Waals surface area contributed by atoms with E-state index < -0.39 is 11.6 Å². The van der Waals surface area contributed by atoms with Crippen LogP contribution in [0.25, 0.3) is 0 Å². The molecule has 2 unspecified atom stereocenters. The van der Waals surface area contributed by atoms with Crippen molar-refractivity contribution in [2.45, 2.75) is 37.8 Å². The summed E-state index contributed by atoms with van der Waals surface area (Å²) in [5.41, 5.74) is -0.786. The summed E-state index contributed by atoms with van der Waals surface area (Å²) >= 11 is 0. The number of ether oxygens (including phenoxy) is 1. The van der Waals surface area contributed by atoms with E-state index in [1.807, 2.05) is 0 Å². The van der Waals surface area contributed by atoms with Crippen LogP contribution in [0, 0.1) is 0 Å². The van der Waals surface area contributed by atoms with Gasteiger partial charge >= 0.3 is 6.03 Å². The fraction of sp³-hybridized carbons (Fsp3) is 0.778. The van der Waals surface area contributed by atoms with Crippen LogP contribution < -0.4 is 10.6 Å². The van der Waals surface area contributed by atoms with Gasteiger partial charge in [0.05, 0.1) is 6.10 Å². The lowest BCUT2D eigenvalue weighted by Crippen LogP contribution is -2.46. The maximum absolute atomic E-state index is 11.4. The summed E-state index contributed by atoms with van der Waals surface area (Å²) in [5, 5.41) is 4.86. The summed E-state index contributed by atoms with van der Waals surface area (Å²) in [6.45, 7) is 2.49. The first-order valence-corrected chi connectivity index (χ1v) is 4.85. The molecule has 14 heavy (non-hydrogen) atoms. The lowest BCUT2D eigenvalue weighted by molar-refractivity contribution is -0.124. The van der Waals surface area contributed by atoms with Crippen molar-refractivity contribution in [3.8, 4) is 0 Å². The highest BCUT2D eigenvalue weighted by Gasteiger charge is 2.43. The van der Waals surface area contributed by atoms with Crippen LogP contribution in [0.1, 0.15) is 26.2 Å². The molecule has 2 atom stereocenters. The molecule has 0 aromatic rings.